The van der Waals surface area contributed by atoms with E-state index in [1.165, 1.54) is 11.1 Å². The van der Waals surface area contributed by atoms with E-state index >= 15 is 0 Å². The molecule has 1 saturated carbocycles. The molecule has 0 unspecified atom stereocenters. The van der Waals surface area contributed by atoms with Gasteiger partial charge in [-0.1, -0.05) is 88.4 Å². The summed E-state index contributed by atoms with van der Waals surface area (Å²) in [5, 5.41) is 14.0. The molecule has 0 atom stereocenters. The van der Waals surface area contributed by atoms with Crippen LogP contribution in [0.25, 0.3) is 0 Å². The second-order valence-corrected chi connectivity index (χ2v) is 11.6. The van der Waals surface area contributed by atoms with Gasteiger partial charge in [0.25, 0.3) is 0 Å². The van der Waals surface area contributed by atoms with Gasteiger partial charge in [0.1, 0.15) is 11.6 Å². The van der Waals surface area contributed by atoms with E-state index in [9.17, 15) is 0 Å². The minimum absolute atomic E-state index is 0.131. The van der Waals surface area contributed by atoms with Crippen molar-refractivity contribution in [3.8, 4) is 0 Å². The van der Waals surface area contributed by atoms with Crippen LogP contribution >= 0.6 is 0 Å². The lowest BCUT2D eigenvalue weighted by atomic mass is 9.50. The highest BCUT2D eigenvalue weighted by molar-refractivity contribution is 5.52. The first-order chi connectivity index (χ1) is 21.7. The molecule has 2 aromatic carbocycles. The predicted molar refractivity (Wildman–Crippen MR) is 183 cm³/mol. The fraction of sp³-hybridized carbons (Fsp3) is 0.444. The monoisotopic (exact) mass is 592 g/mol. The van der Waals surface area contributed by atoms with Crippen molar-refractivity contribution in [1.82, 2.24) is 19.9 Å². The topological polar surface area (TPSA) is 99.7 Å². The van der Waals surface area contributed by atoms with E-state index in [0.717, 1.165) is 74.9 Å². The molecule has 0 aliphatic heterocycles. The number of aromatic nitrogens is 4. The first-order valence-corrected chi connectivity index (χ1v) is 16.5. The fourth-order valence-electron chi connectivity index (χ4n) is 6.26. The Kier molecular flexibility index (Phi) is 11.0. The molecular formula is C36H48N8. The average Bonchev–Trinajstić information content (AvgIpc) is 3.05. The second-order valence-electron chi connectivity index (χ2n) is 11.6. The predicted octanol–water partition coefficient (Wildman–Crippen LogP) is 8.00. The molecule has 0 radical (unpaired) electrons. The summed E-state index contributed by atoms with van der Waals surface area (Å²) < 4.78 is 0. The summed E-state index contributed by atoms with van der Waals surface area (Å²) >= 11 is 0. The Hall–Kier alpha value is -4.20. The van der Waals surface area contributed by atoms with Crippen LogP contribution in [-0.2, 0) is 0 Å². The van der Waals surface area contributed by atoms with Crippen LogP contribution in [0.4, 0.5) is 23.5 Å². The molecule has 44 heavy (non-hydrogen) atoms. The third-order valence-electron chi connectivity index (χ3n) is 8.27. The Morgan fingerprint density at radius 1 is 0.455 bits per heavy atom. The summed E-state index contributed by atoms with van der Waals surface area (Å²) in [4.78, 5) is 20.0. The van der Waals surface area contributed by atoms with Crippen molar-refractivity contribution in [2.75, 3.05) is 47.4 Å². The van der Waals surface area contributed by atoms with Crippen molar-refractivity contribution in [2.45, 2.75) is 77.0 Å². The molecule has 1 fully saturated rings. The second kappa shape index (κ2) is 15.5. The van der Waals surface area contributed by atoms with E-state index in [2.05, 4.69) is 122 Å². The third kappa shape index (κ3) is 7.29. The molecule has 8 nitrogen and oxygen atoms in total. The van der Waals surface area contributed by atoms with E-state index in [-0.39, 0.29) is 23.7 Å². The van der Waals surface area contributed by atoms with E-state index < -0.39 is 0 Å². The van der Waals surface area contributed by atoms with Gasteiger partial charge in [0, 0.05) is 62.0 Å². The third-order valence-corrected chi connectivity index (χ3v) is 8.27. The molecule has 4 N–H and O–H groups in total. The summed E-state index contributed by atoms with van der Waals surface area (Å²) in [5.74, 6) is 3.71. The molecule has 1 aliphatic carbocycles. The van der Waals surface area contributed by atoms with E-state index in [1.807, 2.05) is 0 Å². The zero-order valence-corrected chi connectivity index (χ0v) is 26.7. The Morgan fingerprint density at radius 3 is 1.18 bits per heavy atom. The molecular weight excluding hydrogens is 544 g/mol. The number of nitrogens with one attached hydrogen (secondary N) is 4. The normalized spacial score (nSPS) is 19.2. The SMILES string of the molecule is CCCNc1cc([C@H]2[C@H](c3ccccc3)[C@@H](c3cc(NCCC)nc(NCCC)n3)[C@@H]2c2ccccc2)nc(NCCC)n1. The van der Waals surface area contributed by atoms with Crippen LogP contribution < -0.4 is 21.3 Å². The van der Waals surface area contributed by atoms with Crippen molar-refractivity contribution in [3.05, 3.63) is 95.3 Å². The minimum Gasteiger partial charge on any atom is -0.370 e. The first kappa shape index (κ1) is 31.2. The van der Waals surface area contributed by atoms with Gasteiger partial charge in [-0.3, -0.25) is 0 Å². The minimum atomic E-state index is 0.131. The number of benzene rings is 2. The lowest BCUT2D eigenvalue weighted by Crippen LogP contribution is -2.41. The molecule has 5 rings (SSSR count). The van der Waals surface area contributed by atoms with Crippen LogP contribution in [0.2, 0.25) is 0 Å². The fourth-order valence-corrected chi connectivity index (χ4v) is 6.26. The van der Waals surface area contributed by atoms with E-state index in [0.29, 0.717) is 11.9 Å². The van der Waals surface area contributed by atoms with Gasteiger partial charge in [0.05, 0.1) is 11.4 Å². The molecule has 0 amide bonds. The van der Waals surface area contributed by atoms with Gasteiger partial charge < -0.3 is 21.3 Å². The van der Waals surface area contributed by atoms with Crippen LogP contribution in [0, 0.1) is 0 Å². The Bertz CT molecular complexity index is 1270. The van der Waals surface area contributed by atoms with Crippen LogP contribution in [-0.4, -0.2) is 46.1 Å². The molecule has 232 valence electrons. The summed E-state index contributed by atoms with van der Waals surface area (Å²) in [6.07, 6.45) is 4.07. The van der Waals surface area contributed by atoms with Crippen molar-refractivity contribution in [2.24, 2.45) is 0 Å². The Labute approximate surface area is 263 Å². The molecule has 0 saturated heterocycles. The smallest absolute Gasteiger partial charge is 0.224 e. The van der Waals surface area contributed by atoms with Gasteiger partial charge >= 0.3 is 0 Å². The zero-order valence-electron chi connectivity index (χ0n) is 26.7. The highest BCUT2D eigenvalue weighted by atomic mass is 15.2. The van der Waals surface area contributed by atoms with Crippen molar-refractivity contribution >= 4 is 23.5 Å². The number of rotatable bonds is 16. The lowest BCUT2D eigenvalue weighted by molar-refractivity contribution is 0.220. The van der Waals surface area contributed by atoms with Gasteiger partial charge in [-0.15, -0.1) is 0 Å². The molecule has 8 heteroatoms. The van der Waals surface area contributed by atoms with Gasteiger partial charge in [0.15, 0.2) is 0 Å². The highest BCUT2D eigenvalue weighted by Crippen LogP contribution is 2.66. The van der Waals surface area contributed by atoms with Gasteiger partial charge in [-0.25, -0.2) is 9.97 Å². The summed E-state index contributed by atoms with van der Waals surface area (Å²) in [6, 6.07) is 26.1. The van der Waals surface area contributed by atoms with Crippen LogP contribution in [0.15, 0.2) is 72.8 Å². The van der Waals surface area contributed by atoms with Crippen molar-refractivity contribution in [1.29, 1.82) is 0 Å². The Balaban J connectivity index is 1.67. The van der Waals surface area contributed by atoms with Gasteiger partial charge in [-0.05, 0) is 36.8 Å². The maximum Gasteiger partial charge on any atom is 0.224 e. The molecule has 0 bridgehead atoms. The lowest BCUT2D eigenvalue weighted by Gasteiger charge is -2.52. The number of hydrogen-bond donors (Lipinski definition) is 4. The standard InChI is InChI=1S/C36H48N8/c1-5-19-37-29-23-27(41-35(43-29)39-21-7-3)33-31(25-15-11-9-12-16-25)34(32(33)26-17-13-10-14-18-26)28-24-30(38-20-6-2)44-36(42-28)40-22-8-4/h9-18,23-24,31-34H,5-8,19-22H2,1-4H3,(H2,37,39,41,43)(H2,38,40,42,44)/t31-,32+,33-,34+. The molecule has 4 aromatic rings. The van der Waals surface area contributed by atoms with Crippen LogP contribution in [0.1, 0.15) is 99.6 Å². The molecule has 0 spiro atoms. The first-order valence-electron chi connectivity index (χ1n) is 16.5. The average molecular weight is 593 g/mol. The van der Waals surface area contributed by atoms with Crippen molar-refractivity contribution < 1.29 is 0 Å². The highest BCUT2D eigenvalue weighted by Gasteiger charge is 2.54. The summed E-state index contributed by atoms with van der Waals surface area (Å²) in [5.41, 5.74) is 4.70. The van der Waals surface area contributed by atoms with Gasteiger partial charge in [-0.2, -0.15) is 9.97 Å². The number of anilines is 4. The molecule has 1 aliphatic rings. The number of nitrogens with zero attached hydrogens (tertiary/aromatic N) is 4. The van der Waals surface area contributed by atoms with E-state index in [4.69, 9.17) is 19.9 Å². The number of hydrogen-bond acceptors (Lipinski definition) is 8. The van der Waals surface area contributed by atoms with Crippen LogP contribution in [0.5, 0.6) is 0 Å². The largest absolute Gasteiger partial charge is 0.370 e. The van der Waals surface area contributed by atoms with E-state index in [1.54, 1.807) is 0 Å². The quantitative estimate of drug-likeness (QED) is 0.104. The maximum atomic E-state index is 5.18. The molecule has 2 heterocycles. The van der Waals surface area contributed by atoms with Gasteiger partial charge in [0.2, 0.25) is 11.9 Å². The Morgan fingerprint density at radius 2 is 0.818 bits per heavy atom. The van der Waals surface area contributed by atoms with Crippen LogP contribution in [0.3, 0.4) is 0 Å². The van der Waals surface area contributed by atoms with Crippen molar-refractivity contribution in [3.63, 3.8) is 0 Å². The molecule has 2 aromatic heterocycles. The zero-order chi connectivity index (χ0) is 30.7. The summed E-state index contributed by atoms with van der Waals surface area (Å²) in [7, 11) is 0. The maximum absolute atomic E-state index is 5.18. The summed E-state index contributed by atoms with van der Waals surface area (Å²) in [6.45, 7) is 12.1.